The Morgan fingerprint density at radius 1 is 1.44 bits per heavy atom. The lowest BCUT2D eigenvalue weighted by Crippen LogP contribution is -2.19. The fourth-order valence-corrected chi connectivity index (χ4v) is 2.59. The molecule has 0 bridgehead atoms. The largest absolute Gasteiger partial charge is 0.325 e. The zero-order valence-electron chi connectivity index (χ0n) is 10.2. The number of nitrogens with zero attached hydrogens (tertiary/aromatic N) is 1. The van der Waals surface area contributed by atoms with E-state index in [0.29, 0.717) is 0 Å². The molecule has 0 radical (unpaired) electrons. The molecular weight excluding hydrogens is 200 g/mol. The molecule has 1 heterocycles. The van der Waals surface area contributed by atoms with Gasteiger partial charge in [0.05, 0.1) is 0 Å². The van der Waals surface area contributed by atoms with Crippen molar-refractivity contribution in [2.75, 3.05) is 0 Å². The third-order valence-electron chi connectivity index (χ3n) is 3.57. The Bertz CT molecular complexity index is 372. The molecule has 2 rings (SSSR count). The van der Waals surface area contributed by atoms with E-state index in [-0.39, 0.29) is 5.69 Å². The highest BCUT2D eigenvalue weighted by molar-refractivity contribution is 4.97. The summed E-state index contributed by atoms with van der Waals surface area (Å²) in [5, 5.41) is 0. The molecule has 3 heteroatoms. The zero-order chi connectivity index (χ0) is 11.4. The molecule has 3 nitrogen and oxygen atoms in total. The number of H-pyrrole nitrogens is 1. The van der Waals surface area contributed by atoms with Gasteiger partial charge in [-0.15, -0.1) is 0 Å². The predicted molar refractivity (Wildman–Crippen MR) is 65.6 cm³/mol. The molecule has 0 saturated heterocycles. The van der Waals surface area contributed by atoms with Gasteiger partial charge in [0.25, 0.3) is 0 Å². The van der Waals surface area contributed by atoms with Gasteiger partial charge in [-0.05, 0) is 31.6 Å². The molecule has 1 fully saturated rings. The van der Waals surface area contributed by atoms with Crippen molar-refractivity contribution in [2.24, 2.45) is 5.92 Å². The Labute approximate surface area is 96.9 Å². The van der Waals surface area contributed by atoms with E-state index in [1.807, 2.05) is 10.8 Å². The number of rotatable bonds is 5. The van der Waals surface area contributed by atoms with Crippen molar-refractivity contribution in [1.29, 1.82) is 0 Å². The van der Waals surface area contributed by atoms with Crippen LogP contribution in [0.3, 0.4) is 0 Å². The topological polar surface area (TPSA) is 37.8 Å². The number of aromatic nitrogens is 2. The third kappa shape index (κ3) is 2.77. The van der Waals surface area contributed by atoms with Gasteiger partial charge < -0.3 is 4.98 Å². The average molecular weight is 222 g/mol. The van der Waals surface area contributed by atoms with Crippen LogP contribution < -0.4 is 5.69 Å². The molecule has 0 aliphatic heterocycles. The molecule has 0 spiro atoms. The Morgan fingerprint density at radius 2 is 2.19 bits per heavy atom. The third-order valence-corrected chi connectivity index (χ3v) is 3.57. The first-order valence-corrected chi connectivity index (χ1v) is 6.58. The summed E-state index contributed by atoms with van der Waals surface area (Å²) in [4.78, 5) is 14.7. The maximum atomic E-state index is 11.7. The molecule has 1 aromatic heterocycles. The average Bonchev–Trinajstić information content (AvgIpc) is 2.87. The van der Waals surface area contributed by atoms with Crippen LogP contribution in [0.1, 0.15) is 51.1 Å². The first-order chi connectivity index (χ1) is 7.79. The molecular formula is C13H22N2O. The molecule has 1 aromatic rings. The van der Waals surface area contributed by atoms with Crippen LogP contribution in [0.2, 0.25) is 0 Å². The molecule has 1 aliphatic rings. The Balaban J connectivity index is 1.97. The fraction of sp³-hybridized carbons (Fsp3) is 0.769. The first-order valence-electron chi connectivity index (χ1n) is 6.58. The second-order valence-corrected chi connectivity index (χ2v) is 4.99. The molecule has 16 heavy (non-hydrogen) atoms. The van der Waals surface area contributed by atoms with Crippen LogP contribution in [0.25, 0.3) is 0 Å². The lowest BCUT2D eigenvalue weighted by atomic mass is 10.1. The minimum absolute atomic E-state index is 0.0815. The second kappa shape index (κ2) is 5.37. The van der Waals surface area contributed by atoms with Gasteiger partial charge in [0.1, 0.15) is 0 Å². The van der Waals surface area contributed by atoms with Crippen molar-refractivity contribution < 1.29 is 0 Å². The van der Waals surface area contributed by atoms with E-state index >= 15 is 0 Å². The van der Waals surface area contributed by atoms with Crippen molar-refractivity contribution in [2.45, 2.75) is 58.4 Å². The summed E-state index contributed by atoms with van der Waals surface area (Å²) >= 11 is 0. The molecule has 1 saturated carbocycles. The number of nitrogens with one attached hydrogen (secondary N) is 1. The highest BCUT2D eigenvalue weighted by Crippen LogP contribution is 2.25. The van der Waals surface area contributed by atoms with Gasteiger partial charge in [-0.25, -0.2) is 4.79 Å². The molecule has 0 unspecified atom stereocenters. The SMILES string of the molecule is CCCCc1cn(CC2CCCC2)c(=O)[nH]1. The van der Waals surface area contributed by atoms with Crippen molar-refractivity contribution in [3.63, 3.8) is 0 Å². The normalized spacial score (nSPS) is 17.1. The van der Waals surface area contributed by atoms with Crippen LogP contribution in [0.15, 0.2) is 11.0 Å². The Morgan fingerprint density at radius 3 is 2.88 bits per heavy atom. The van der Waals surface area contributed by atoms with Gasteiger partial charge in [-0.3, -0.25) is 4.57 Å². The second-order valence-electron chi connectivity index (χ2n) is 4.99. The molecule has 0 aromatic carbocycles. The van der Waals surface area contributed by atoms with Gasteiger partial charge in [-0.2, -0.15) is 0 Å². The summed E-state index contributed by atoms with van der Waals surface area (Å²) in [6.45, 7) is 3.09. The number of hydrogen-bond donors (Lipinski definition) is 1. The number of hydrogen-bond acceptors (Lipinski definition) is 1. The quantitative estimate of drug-likeness (QED) is 0.817. The fourth-order valence-electron chi connectivity index (χ4n) is 2.59. The molecule has 0 atom stereocenters. The van der Waals surface area contributed by atoms with E-state index in [1.54, 1.807) is 0 Å². The van der Waals surface area contributed by atoms with Crippen LogP contribution in [0.4, 0.5) is 0 Å². The Hall–Kier alpha value is -0.990. The van der Waals surface area contributed by atoms with Gasteiger partial charge in [0, 0.05) is 18.4 Å². The lowest BCUT2D eigenvalue weighted by Gasteiger charge is -2.07. The minimum Gasteiger partial charge on any atom is -0.310 e. The predicted octanol–water partition coefficient (Wildman–Crippen LogP) is 2.71. The van der Waals surface area contributed by atoms with E-state index in [9.17, 15) is 4.79 Å². The summed E-state index contributed by atoms with van der Waals surface area (Å²) < 4.78 is 1.88. The lowest BCUT2D eigenvalue weighted by molar-refractivity contribution is 0.450. The van der Waals surface area contributed by atoms with Gasteiger partial charge in [0.2, 0.25) is 0 Å². The summed E-state index contributed by atoms with van der Waals surface area (Å²) in [6, 6.07) is 0. The first kappa shape index (κ1) is 11.5. The Kier molecular flexibility index (Phi) is 3.86. The van der Waals surface area contributed by atoms with E-state index in [4.69, 9.17) is 0 Å². The van der Waals surface area contributed by atoms with E-state index < -0.39 is 0 Å². The summed E-state index contributed by atoms with van der Waals surface area (Å²) in [5.41, 5.74) is 1.18. The van der Waals surface area contributed by atoms with Gasteiger partial charge in [0.15, 0.2) is 0 Å². The molecule has 1 N–H and O–H groups in total. The minimum atomic E-state index is 0.0815. The van der Waals surface area contributed by atoms with Crippen molar-refractivity contribution >= 4 is 0 Å². The van der Waals surface area contributed by atoms with Crippen molar-refractivity contribution in [3.05, 3.63) is 22.4 Å². The molecule has 0 amide bonds. The number of aryl methyl sites for hydroxylation is 1. The summed E-state index contributed by atoms with van der Waals surface area (Å²) in [7, 11) is 0. The molecule has 1 aliphatic carbocycles. The summed E-state index contributed by atoms with van der Waals surface area (Å²) in [6.07, 6.45) is 10.6. The van der Waals surface area contributed by atoms with Crippen LogP contribution in [0, 0.1) is 5.92 Å². The van der Waals surface area contributed by atoms with E-state index in [0.717, 1.165) is 31.0 Å². The van der Waals surface area contributed by atoms with Crippen LogP contribution in [-0.2, 0) is 13.0 Å². The van der Waals surface area contributed by atoms with Gasteiger partial charge >= 0.3 is 5.69 Å². The standard InChI is InChI=1S/C13H22N2O/c1-2-3-8-12-10-15(13(16)14-12)9-11-6-4-5-7-11/h10-11H,2-9H2,1H3,(H,14,16). The summed E-state index contributed by atoms with van der Waals surface area (Å²) in [5.74, 6) is 0.729. The highest BCUT2D eigenvalue weighted by Gasteiger charge is 2.16. The van der Waals surface area contributed by atoms with Crippen LogP contribution in [0.5, 0.6) is 0 Å². The number of aromatic amines is 1. The maximum absolute atomic E-state index is 11.7. The zero-order valence-corrected chi connectivity index (χ0v) is 10.2. The highest BCUT2D eigenvalue weighted by atomic mass is 16.1. The number of unbranched alkanes of at least 4 members (excludes halogenated alkanes) is 1. The maximum Gasteiger partial charge on any atom is 0.325 e. The van der Waals surface area contributed by atoms with Crippen molar-refractivity contribution in [1.82, 2.24) is 9.55 Å². The smallest absolute Gasteiger partial charge is 0.310 e. The van der Waals surface area contributed by atoms with E-state index in [2.05, 4.69) is 11.9 Å². The van der Waals surface area contributed by atoms with E-state index in [1.165, 1.54) is 32.1 Å². The van der Waals surface area contributed by atoms with Crippen LogP contribution >= 0.6 is 0 Å². The van der Waals surface area contributed by atoms with Gasteiger partial charge in [-0.1, -0.05) is 26.2 Å². The van der Waals surface area contributed by atoms with Crippen molar-refractivity contribution in [3.8, 4) is 0 Å². The van der Waals surface area contributed by atoms with Crippen LogP contribution in [-0.4, -0.2) is 9.55 Å². The number of imidazole rings is 1. The molecule has 90 valence electrons. The monoisotopic (exact) mass is 222 g/mol.